The third-order valence-corrected chi connectivity index (χ3v) is 4.28. The summed E-state index contributed by atoms with van der Waals surface area (Å²) in [6.45, 7) is 0. The van der Waals surface area contributed by atoms with Crippen molar-refractivity contribution in [1.82, 2.24) is 4.98 Å². The van der Waals surface area contributed by atoms with Crippen LogP contribution in [0.1, 0.15) is 0 Å². The van der Waals surface area contributed by atoms with Crippen LogP contribution >= 0.6 is 33.9 Å². The molecular weight excluding hydrogens is 343 g/mol. The highest BCUT2D eigenvalue weighted by Crippen LogP contribution is 2.33. The second kappa shape index (κ2) is 4.27. The van der Waals surface area contributed by atoms with E-state index in [0.717, 1.165) is 25.3 Å². The fourth-order valence-corrected chi connectivity index (χ4v) is 3.24. The molecule has 0 aliphatic rings. The maximum absolute atomic E-state index is 6.04. The summed E-state index contributed by atoms with van der Waals surface area (Å²) in [5, 5.41) is 0.986. The summed E-state index contributed by atoms with van der Waals surface area (Å²) in [5.74, 6) is 0. The van der Waals surface area contributed by atoms with Gasteiger partial charge in [-0.15, -0.1) is 11.3 Å². The smallest absolute Gasteiger partial charge is 0.126 e. The lowest BCUT2D eigenvalue weighted by molar-refractivity contribution is 1.47. The average molecular weight is 352 g/mol. The number of hydrogen-bond donors (Lipinski definition) is 1. The number of fused-ring (bicyclic) bond motifs is 1. The van der Waals surface area contributed by atoms with E-state index in [1.807, 2.05) is 30.3 Å². The van der Waals surface area contributed by atoms with E-state index >= 15 is 0 Å². The maximum Gasteiger partial charge on any atom is 0.126 e. The Hall–Kier alpha value is -1.14. The van der Waals surface area contributed by atoms with Gasteiger partial charge in [-0.05, 0) is 52.9 Å². The molecule has 0 fully saturated rings. The van der Waals surface area contributed by atoms with Crippen molar-refractivity contribution in [1.29, 1.82) is 0 Å². The third kappa shape index (κ3) is 2.02. The molecule has 0 atom stereocenters. The maximum atomic E-state index is 6.04. The van der Waals surface area contributed by atoms with E-state index in [1.54, 1.807) is 11.3 Å². The van der Waals surface area contributed by atoms with Crippen LogP contribution in [0.2, 0.25) is 0 Å². The molecule has 0 saturated carbocycles. The zero-order chi connectivity index (χ0) is 11.8. The molecule has 1 heterocycles. The quantitative estimate of drug-likeness (QED) is 0.528. The molecule has 0 spiro atoms. The summed E-state index contributed by atoms with van der Waals surface area (Å²) in [6, 6.07) is 14.2. The Morgan fingerprint density at radius 2 is 1.94 bits per heavy atom. The van der Waals surface area contributed by atoms with Crippen molar-refractivity contribution in [2.45, 2.75) is 0 Å². The second-order valence-electron chi connectivity index (χ2n) is 3.72. The summed E-state index contributed by atoms with van der Waals surface area (Å²) in [7, 11) is 0. The van der Waals surface area contributed by atoms with E-state index in [0.29, 0.717) is 0 Å². The largest absolute Gasteiger partial charge is 0.398 e. The van der Waals surface area contributed by atoms with Crippen LogP contribution in [-0.2, 0) is 0 Å². The fourth-order valence-electron chi connectivity index (χ4n) is 1.72. The van der Waals surface area contributed by atoms with Crippen LogP contribution in [0.4, 0.5) is 5.69 Å². The molecule has 2 N–H and O–H groups in total. The molecule has 3 rings (SSSR count). The number of halogens is 1. The first-order valence-corrected chi connectivity index (χ1v) is 7.04. The number of nitrogens with zero attached hydrogens (tertiary/aromatic N) is 1. The number of thiazole rings is 1. The molecular formula is C13H9IN2S. The summed E-state index contributed by atoms with van der Waals surface area (Å²) >= 11 is 3.94. The molecule has 0 bridgehead atoms. The lowest BCUT2D eigenvalue weighted by atomic mass is 10.2. The van der Waals surface area contributed by atoms with E-state index in [2.05, 4.69) is 39.7 Å². The van der Waals surface area contributed by atoms with E-state index in [4.69, 9.17) is 5.73 Å². The van der Waals surface area contributed by atoms with Crippen LogP contribution in [0.25, 0.3) is 20.8 Å². The summed E-state index contributed by atoms with van der Waals surface area (Å²) in [6.07, 6.45) is 0. The van der Waals surface area contributed by atoms with Crippen LogP contribution in [0.5, 0.6) is 0 Å². The van der Waals surface area contributed by atoms with Crippen molar-refractivity contribution < 1.29 is 0 Å². The van der Waals surface area contributed by atoms with Gasteiger partial charge in [0.2, 0.25) is 0 Å². The number of nitrogen functional groups attached to an aromatic ring is 1. The second-order valence-corrected chi connectivity index (χ2v) is 5.99. The van der Waals surface area contributed by atoms with Crippen LogP contribution < -0.4 is 5.73 Å². The third-order valence-electron chi connectivity index (χ3n) is 2.54. The van der Waals surface area contributed by atoms with E-state index in [-0.39, 0.29) is 0 Å². The van der Waals surface area contributed by atoms with Gasteiger partial charge in [0, 0.05) is 14.8 Å². The van der Waals surface area contributed by atoms with Crippen LogP contribution in [0.3, 0.4) is 0 Å². The van der Waals surface area contributed by atoms with Crippen molar-refractivity contribution >= 4 is 49.8 Å². The molecule has 17 heavy (non-hydrogen) atoms. The average Bonchev–Trinajstić information content (AvgIpc) is 2.72. The number of hydrogen-bond acceptors (Lipinski definition) is 3. The first kappa shape index (κ1) is 11.0. The lowest BCUT2D eigenvalue weighted by Crippen LogP contribution is -1.90. The van der Waals surface area contributed by atoms with E-state index < -0.39 is 0 Å². The number of rotatable bonds is 1. The van der Waals surface area contributed by atoms with Gasteiger partial charge in [0.25, 0.3) is 0 Å². The molecule has 84 valence electrons. The Kier molecular flexibility index (Phi) is 2.76. The molecule has 0 aliphatic heterocycles. The summed E-state index contributed by atoms with van der Waals surface area (Å²) in [5.41, 5.74) is 8.88. The Bertz CT molecular complexity index is 658. The highest BCUT2D eigenvalue weighted by molar-refractivity contribution is 14.1. The van der Waals surface area contributed by atoms with Gasteiger partial charge in [-0.2, -0.15) is 0 Å². The highest BCUT2D eigenvalue weighted by Gasteiger charge is 2.08. The number of benzene rings is 2. The minimum atomic E-state index is 0.788. The molecule has 0 amide bonds. The Balaban J connectivity index is 2.20. The van der Waals surface area contributed by atoms with Gasteiger partial charge >= 0.3 is 0 Å². The molecule has 0 saturated heterocycles. The number of para-hydroxylation sites is 1. The number of aromatic nitrogens is 1. The molecule has 0 radical (unpaired) electrons. The first-order valence-electron chi connectivity index (χ1n) is 5.15. The van der Waals surface area contributed by atoms with Gasteiger partial charge in [-0.1, -0.05) is 12.1 Å². The lowest BCUT2D eigenvalue weighted by Gasteiger charge is -2.01. The first-order chi connectivity index (χ1) is 8.24. The van der Waals surface area contributed by atoms with Crippen molar-refractivity contribution in [2.24, 2.45) is 0 Å². The summed E-state index contributed by atoms with van der Waals surface area (Å²) < 4.78 is 2.34. The number of anilines is 1. The van der Waals surface area contributed by atoms with Gasteiger partial charge in [-0.25, -0.2) is 4.98 Å². The fraction of sp³-hybridized carbons (Fsp3) is 0. The Morgan fingerprint density at radius 3 is 2.71 bits per heavy atom. The Labute approximate surface area is 117 Å². The van der Waals surface area contributed by atoms with Gasteiger partial charge in [0.15, 0.2) is 0 Å². The van der Waals surface area contributed by atoms with E-state index in [1.165, 1.54) is 4.70 Å². The van der Waals surface area contributed by atoms with Crippen molar-refractivity contribution in [2.75, 3.05) is 5.73 Å². The zero-order valence-corrected chi connectivity index (χ0v) is 11.8. The SMILES string of the molecule is Nc1cc(I)ccc1-c1nc2ccccc2s1. The normalized spacial score (nSPS) is 10.9. The monoisotopic (exact) mass is 352 g/mol. The van der Waals surface area contributed by atoms with E-state index in [9.17, 15) is 0 Å². The van der Waals surface area contributed by atoms with Crippen molar-refractivity contribution in [3.8, 4) is 10.6 Å². The summed E-state index contributed by atoms with van der Waals surface area (Å²) in [4.78, 5) is 4.61. The molecule has 4 heteroatoms. The highest BCUT2D eigenvalue weighted by atomic mass is 127. The molecule has 0 aliphatic carbocycles. The van der Waals surface area contributed by atoms with Crippen molar-refractivity contribution in [3.63, 3.8) is 0 Å². The standard InChI is InChI=1S/C13H9IN2S/c14-8-5-6-9(10(15)7-8)13-16-11-3-1-2-4-12(11)17-13/h1-7H,15H2. The molecule has 2 aromatic carbocycles. The van der Waals surface area contributed by atoms with Gasteiger partial charge in [-0.3, -0.25) is 0 Å². The molecule has 2 nitrogen and oxygen atoms in total. The van der Waals surface area contributed by atoms with Crippen LogP contribution in [-0.4, -0.2) is 4.98 Å². The van der Waals surface area contributed by atoms with Gasteiger partial charge < -0.3 is 5.73 Å². The van der Waals surface area contributed by atoms with Crippen molar-refractivity contribution in [3.05, 3.63) is 46.0 Å². The van der Waals surface area contributed by atoms with Crippen LogP contribution in [0, 0.1) is 3.57 Å². The molecule has 0 unspecified atom stereocenters. The topological polar surface area (TPSA) is 38.9 Å². The number of nitrogens with two attached hydrogens (primary N) is 1. The molecule has 3 aromatic rings. The Morgan fingerprint density at radius 1 is 1.12 bits per heavy atom. The minimum absolute atomic E-state index is 0.788. The van der Waals surface area contributed by atoms with Gasteiger partial charge in [0.05, 0.1) is 10.2 Å². The van der Waals surface area contributed by atoms with Crippen LogP contribution in [0.15, 0.2) is 42.5 Å². The minimum Gasteiger partial charge on any atom is -0.398 e. The van der Waals surface area contributed by atoms with Gasteiger partial charge in [0.1, 0.15) is 5.01 Å². The predicted molar refractivity (Wildman–Crippen MR) is 82.2 cm³/mol. The predicted octanol–water partition coefficient (Wildman–Crippen LogP) is 4.15. The zero-order valence-electron chi connectivity index (χ0n) is 8.85. The molecule has 1 aromatic heterocycles.